The number of benzene rings is 1. The van der Waals surface area contributed by atoms with E-state index in [1.165, 1.54) is 24.9 Å². The lowest BCUT2D eigenvalue weighted by Crippen LogP contribution is -2.39. The number of methoxy groups -OCH3 is 1. The first-order valence-electron chi connectivity index (χ1n) is 6.65. The largest absolute Gasteiger partial charge is 0.496 e. The summed E-state index contributed by atoms with van der Waals surface area (Å²) in [6, 6.07) is 5.94. The maximum absolute atomic E-state index is 5.79. The molecule has 0 amide bonds. The third-order valence-corrected chi connectivity index (χ3v) is 3.68. The molecule has 0 spiro atoms. The molecule has 18 heavy (non-hydrogen) atoms. The summed E-state index contributed by atoms with van der Waals surface area (Å²) in [6.45, 7) is 7.98. The van der Waals surface area contributed by atoms with E-state index < -0.39 is 0 Å². The van der Waals surface area contributed by atoms with Crippen molar-refractivity contribution in [2.45, 2.75) is 33.2 Å². The van der Waals surface area contributed by atoms with Gasteiger partial charge >= 0.3 is 0 Å². The highest BCUT2D eigenvalue weighted by molar-refractivity contribution is 5.48. The van der Waals surface area contributed by atoms with Gasteiger partial charge < -0.3 is 10.5 Å². The molecule has 0 radical (unpaired) electrons. The second-order valence-electron chi connectivity index (χ2n) is 6.05. The molecule has 1 aromatic carbocycles. The Balaban J connectivity index is 2.09. The number of rotatable bonds is 3. The van der Waals surface area contributed by atoms with Crippen LogP contribution in [0, 0.1) is 5.41 Å². The number of anilines is 1. The molecule has 0 saturated carbocycles. The Bertz CT molecular complexity index is 415. The molecular weight excluding hydrogens is 224 g/mol. The summed E-state index contributed by atoms with van der Waals surface area (Å²) >= 11 is 0. The van der Waals surface area contributed by atoms with Crippen LogP contribution in [0.15, 0.2) is 18.2 Å². The van der Waals surface area contributed by atoms with Gasteiger partial charge in [0.1, 0.15) is 5.75 Å². The Morgan fingerprint density at radius 2 is 2.17 bits per heavy atom. The quantitative estimate of drug-likeness (QED) is 0.836. The van der Waals surface area contributed by atoms with E-state index in [1.54, 1.807) is 7.11 Å². The van der Waals surface area contributed by atoms with Crippen molar-refractivity contribution in [1.29, 1.82) is 0 Å². The molecule has 2 rings (SSSR count). The molecule has 3 nitrogen and oxygen atoms in total. The Morgan fingerprint density at radius 1 is 1.39 bits per heavy atom. The summed E-state index contributed by atoms with van der Waals surface area (Å²) < 4.78 is 5.41. The zero-order valence-electron chi connectivity index (χ0n) is 11.7. The average Bonchev–Trinajstić information content (AvgIpc) is 2.30. The van der Waals surface area contributed by atoms with E-state index in [0.29, 0.717) is 5.41 Å². The molecule has 1 aromatic rings. The maximum Gasteiger partial charge on any atom is 0.125 e. The first kappa shape index (κ1) is 13.2. The zero-order valence-corrected chi connectivity index (χ0v) is 11.7. The fraction of sp³-hybridized carbons (Fsp3) is 0.600. The van der Waals surface area contributed by atoms with Crippen molar-refractivity contribution in [2.24, 2.45) is 5.41 Å². The second kappa shape index (κ2) is 5.19. The number of hydrogen-bond donors (Lipinski definition) is 1. The number of nitrogen functional groups attached to an aromatic ring is 1. The van der Waals surface area contributed by atoms with Crippen LogP contribution in [0.2, 0.25) is 0 Å². The fourth-order valence-electron chi connectivity index (χ4n) is 2.81. The van der Waals surface area contributed by atoms with Crippen LogP contribution in [0.5, 0.6) is 5.75 Å². The van der Waals surface area contributed by atoms with Gasteiger partial charge in [0.15, 0.2) is 0 Å². The molecule has 0 atom stereocenters. The van der Waals surface area contributed by atoms with Gasteiger partial charge in [0, 0.05) is 30.4 Å². The smallest absolute Gasteiger partial charge is 0.125 e. The van der Waals surface area contributed by atoms with Crippen LogP contribution in [0.4, 0.5) is 5.69 Å². The highest BCUT2D eigenvalue weighted by Crippen LogP contribution is 2.31. The molecule has 1 aliphatic heterocycles. The van der Waals surface area contributed by atoms with Gasteiger partial charge in [0.2, 0.25) is 0 Å². The molecule has 1 aliphatic rings. The third kappa shape index (κ3) is 3.16. The maximum atomic E-state index is 5.79. The average molecular weight is 248 g/mol. The van der Waals surface area contributed by atoms with E-state index in [0.717, 1.165) is 24.5 Å². The number of nitrogens with two attached hydrogens (primary N) is 1. The van der Waals surface area contributed by atoms with Gasteiger partial charge in [-0.15, -0.1) is 0 Å². The van der Waals surface area contributed by atoms with Crippen molar-refractivity contribution in [3.8, 4) is 5.75 Å². The van der Waals surface area contributed by atoms with Gasteiger partial charge in [-0.2, -0.15) is 0 Å². The van der Waals surface area contributed by atoms with Gasteiger partial charge in [-0.3, -0.25) is 4.90 Å². The molecule has 1 heterocycles. The summed E-state index contributed by atoms with van der Waals surface area (Å²) in [5.74, 6) is 0.901. The lowest BCUT2D eigenvalue weighted by molar-refractivity contribution is 0.111. The predicted molar refractivity (Wildman–Crippen MR) is 75.7 cm³/mol. The van der Waals surface area contributed by atoms with Gasteiger partial charge in [-0.05, 0) is 30.9 Å². The molecule has 1 fully saturated rings. The highest BCUT2D eigenvalue weighted by atomic mass is 16.5. The first-order chi connectivity index (χ1) is 8.50. The predicted octanol–water partition coefficient (Wildman–Crippen LogP) is 2.90. The van der Waals surface area contributed by atoms with Gasteiger partial charge in [-0.1, -0.05) is 19.9 Å². The lowest BCUT2D eigenvalue weighted by Gasteiger charge is -2.38. The van der Waals surface area contributed by atoms with Crippen molar-refractivity contribution < 1.29 is 4.74 Å². The summed E-state index contributed by atoms with van der Waals surface area (Å²) in [5, 5.41) is 0. The monoisotopic (exact) mass is 248 g/mol. The normalized spacial score (nSPS) is 19.7. The molecule has 100 valence electrons. The van der Waals surface area contributed by atoms with Crippen molar-refractivity contribution >= 4 is 5.69 Å². The number of hydrogen-bond acceptors (Lipinski definition) is 3. The summed E-state index contributed by atoms with van der Waals surface area (Å²) in [7, 11) is 1.71. The minimum atomic E-state index is 0.430. The van der Waals surface area contributed by atoms with Crippen molar-refractivity contribution in [3.05, 3.63) is 23.8 Å². The second-order valence-corrected chi connectivity index (χ2v) is 6.05. The first-order valence-corrected chi connectivity index (χ1v) is 6.65. The van der Waals surface area contributed by atoms with E-state index in [1.807, 2.05) is 12.1 Å². The third-order valence-electron chi connectivity index (χ3n) is 3.68. The Hall–Kier alpha value is -1.22. The molecule has 3 heteroatoms. The van der Waals surface area contributed by atoms with Gasteiger partial charge in [-0.25, -0.2) is 0 Å². The van der Waals surface area contributed by atoms with E-state index in [4.69, 9.17) is 10.5 Å². The van der Waals surface area contributed by atoms with Crippen LogP contribution in [-0.2, 0) is 6.54 Å². The molecule has 0 aromatic heterocycles. The van der Waals surface area contributed by atoms with E-state index in [9.17, 15) is 0 Å². The highest BCUT2D eigenvalue weighted by Gasteiger charge is 2.26. The molecule has 0 unspecified atom stereocenters. The number of ether oxygens (including phenoxy) is 1. The Labute approximate surface area is 110 Å². The Morgan fingerprint density at radius 3 is 2.83 bits per heavy atom. The van der Waals surface area contributed by atoms with Crippen LogP contribution in [0.3, 0.4) is 0 Å². The summed E-state index contributed by atoms with van der Waals surface area (Å²) in [6.07, 6.45) is 2.60. The fourth-order valence-corrected chi connectivity index (χ4v) is 2.81. The molecule has 2 N–H and O–H groups in total. The molecule has 0 aliphatic carbocycles. The van der Waals surface area contributed by atoms with Crippen LogP contribution >= 0.6 is 0 Å². The van der Waals surface area contributed by atoms with Crippen molar-refractivity contribution in [3.63, 3.8) is 0 Å². The summed E-state index contributed by atoms with van der Waals surface area (Å²) in [4.78, 5) is 2.51. The molecule has 0 bridgehead atoms. The topological polar surface area (TPSA) is 38.5 Å². The molecular formula is C15H24N2O. The van der Waals surface area contributed by atoms with Crippen LogP contribution in [-0.4, -0.2) is 25.1 Å². The minimum absolute atomic E-state index is 0.430. The van der Waals surface area contributed by atoms with Crippen LogP contribution in [0.1, 0.15) is 32.3 Å². The molecule has 1 saturated heterocycles. The van der Waals surface area contributed by atoms with E-state index >= 15 is 0 Å². The standard InChI is InChI=1S/C15H24N2O/c1-15(2)7-4-8-17(11-15)10-12-5-6-13(16)9-14(12)18-3/h5-6,9H,4,7-8,10-11,16H2,1-3H3. The minimum Gasteiger partial charge on any atom is -0.496 e. The van der Waals surface area contributed by atoms with Crippen molar-refractivity contribution in [1.82, 2.24) is 4.90 Å². The SMILES string of the molecule is COc1cc(N)ccc1CN1CCCC(C)(C)C1. The van der Waals surface area contributed by atoms with Crippen molar-refractivity contribution in [2.75, 3.05) is 25.9 Å². The number of piperidine rings is 1. The van der Waals surface area contributed by atoms with Gasteiger partial charge in [0.05, 0.1) is 7.11 Å². The van der Waals surface area contributed by atoms with Crippen LogP contribution < -0.4 is 10.5 Å². The zero-order chi connectivity index (χ0) is 13.2. The number of likely N-dealkylation sites (tertiary alicyclic amines) is 1. The summed E-state index contributed by atoms with van der Waals surface area (Å²) in [5.41, 5.74) is 8.20. The van der Waals surface area contributed by atoms with E-state index in [2.05, 4.69) is 24.8 Å². The van der Waals surface area contributed by atoms with E-state index in [-0.39, 0.29) is 0 Å². The van der Waals surface area contributed by atoms with Gasteiger partial charge in [0.25, 0.3) is 0 Å². The Kier molecular flexibility index (Phi) is 3.81. The lowest BCUT2D eigenvalue weighted by atomic mass is 9.84. The number of nitrogens with zero attached hydrogens (tertiary/aromatic N) is 1. The van der Waals surface area contributed by atoms with Crippen LogP contribution in [0.25, 0.3) is 0 Å².